The van der Waals surface area contributed by atoms with Crippen molar-refractivity contribution in [3.63, 3.8) is 0 Å². The Bertz CT molecular complexity index is 833. The van der Waals surface area contributed by atoms with Crippen LogP contribution in [-0.4, -0.2) is 98.4 Å². The molecular weight excluding hydrogens is 500 g/mol. The zero-order valence-corrected chi connectivity index (χ0v) is 19.6. The van der Waals surface area contributed by atoms with Crippen molar-refractivity contribution in [2.45, 2.75) is 80.8 Å². The molecule has 196 valence electrons. The quantitative estimate of drug-likeness (QED) is 0.198. The van der Waals surface area contributed by atoms with Crippen LogP contribution in [0.5, 0.6) is 0 Å². The van der Waals surface area contributed by atoms with Gasteiger partial charge in [0.25, 0.3) is 0 Å². The summed E-state index contributed by atoms with van der Waals surface area (Å²) in [5.74, 6) is -0.738. The number of methoxy groups -OCH3 is 1. The molecule has 4 unspecified atom stereocenters. The van der Waals surface area contributed by atoms with Gasteiger partial charge >= 0.3 is 20.2 Å². The summed E-state index contributed by atoms with van der Waals surface area (Å²) in [6, 6.07) is 0. The van der Waals surface area contributed by atoms with Gasteiger partial charge in [-0.15, -0.1) is 8.67 Å². The van der Waals surface area contributed by atoms with Gasteiger partial charge in [-0.3, -0.25) is 0 Å². The van der Waals surface area contributed by atoms with Crippen molar-refractivity contribution in [2.75, 3.05) is 7.11 Å². The van der Waals surface area contributed by atoms with Gasteiger partial charge in [0, 0.05) is 13.0 Å². The van der Waals surface area contributed by atoms with Crippen molar-refractivity contribution in [3.05, 3.63) is 0 Å². The van der Waals surface area contributed by atoms with Gasteiger partial charge < -0.3 is 24.1 Å². The topological polar surface area (TPSA) is 223 Å². The summed E-state index contributed by atoms with van der Waals surface area (Å²) in [6.45, 7) is 4.51. The third-order valence-electron chi connectivity index (χ3n) is 5.75. The average Bonchev–Trinajstić information content (AvgIpc) is 2.76. The van der Waals surface area contributed by atoms with E-state index in [9.17, 15) is 21.9 Å². The monoisotopic (exact) mass is 528 g/mol. The molecule has 2 aliphatic heterocycles. The lowest BCUT2D eigenvalue weighted by Crippen LogP contribution is -2.65. The number of aliphatic hydroxyl groups excluding tert-OH is 1. The SMILES string of the molecule is CC[C@@H]1C(C)O[C@@H](O[C@@H]2C(S(=O)(=O)OO)[C@@H](OC)OC(C)[C@@H]2O)C(S(=O)(=O)OO)[C@H]1OOO. The van der Waals surface area contributed by atoms with Crippen molar-refractivity contribution >= 4 is 20.2 Å². The van der Waals surface area contributed by atoms with Crippen LogP contribution in [0.2, 0.25) is 0 Å². The molecule has 2 aliphatic rings. The number of hydrogen-bond donors (Lipinski definition) is 4. The van der Waals surface area contributed by atoms with Gasteiger partial charge in [0.2, 0.25) is 0 Å². The van der Waals surface area contributed by atoms with E-state index in [4.69, 9.17) is 39.6 Å². The molecule has 2 fully saturated rings. The zero-order valence-electron chi connectivity index (χ0n) is 18.0. The van der Waals surface area contributed by atoms with Gasteiger partial charge in [0.05, 0.1) is 12.2 Å². The Kier molecular flexibility index (Phi) is 9.93. The Balaban J connectivity index is 2.55. The highest BCUT2D eigenvalue weighted by Gasteiger charge is 2.58. The fraction of sp³-hybridized carbons (Fsp3) is 1.00. The second-order valence-corrected chi connectivity index (χ2v) is 10.9. The zero-order chi connectivity index (χ0) is 25.1. The van der Waals surface area contributed by atoms with E-state index in [-0.39, 0.29) is 6.42 Å². The summed E-state index contributed by atoms with van der Waals surface area (Å²) in [6.07, 6.45) is -10.3. The van der Waals surface area contributed by atoms with Crippen LogP contribution >= 0.6 is 0 Å². The highest BCUT2D eigenvalue weighted by Crippen LogP contribution is 2.38. The molecule has 2 heterocycles. The third-order valence-corrected chi connectivity index (χ3v) is 8.48. The first kappa shape index (κ1) is 28.7. The van der Waals surface area contributed by atoms with E-state index in [0.29, 0.717) is 0 Å². The summed E-state index contributed by atoms with van der Waals surface area (Å²) in [5.41, 5.74) is 0. The molecule has 2 saturated heterocycles. The fourth-order valence-corrected chi connectivity index (χ4v) is 6.27. The van der Waals surface area contributed by atoms with Crippen molar-refractivity contribution in [1.82, 2.24) is 0 Å². The highest BCUT2D eigenvalue weighted by molar-refractivity contribution is 7.87. The molecule has 0 aromatic rings. The lowest BCUT2D eigenvalue weighted by atomic mass is 9.89. The molecular formula is C15H28O16S2. The van der Waals surface area contributed by atoms with Crippen molar-refractivity contribution in [1.29, 1.82) is 0 Å². The minimum absolute atomic E-state index is 0.247. The van der Waals surface area contributed by atoms with E-state index in [2.05, 4.69) is 13.7 Å². The molecule has 0 aliphatic carbocycles. The summed E-state index contributed by atoms with van der Waals surface area (Å²) < 4.78 is 78.4. The first-order chi connectivity index (χ1) is 15.4. The van der Waals surface area contributed by atoms with Crippen LogP contribution in [0.3, 0.4) is 0 Å². The molecule has 2 rings (SSSR count). The molecule has 18 heteroatoms. The predicted molar refractivity (Wildman–Crippen MR) is 102 cm³/mol. The number of ether oxygens (including phenoxy) is 4. The molecule has 0 bridgehead atoms. The maximum Gasteiger partial charge on any atom is 0.304 e. The van der Waals surface area contributed by atoms with Gasteiger partial charge in [0.15, 0.2) is 23.1 Å². The van der Waals surface area contributed by atoms with Crippen molar-refractivity contribution in [3.8, 4) is 0 Å². The van der Waals surface area contributed by atoms with Crippen LogP contribution in [-0.2, 0) is 57.8 Å². The van der Waals surface area contributed by atoms with Gasteiger partial charge in [-0.25, -0.2) is 20.7 Å². The summed E-state index contributed by atoms with van der Waals surface area (Å²) >= 11 is 0. The molecule has 4 N–H and O–H groups in total. The van der Waals surface area contributed by atoms with E-state index >= 15 is 0 Å². The number of rotatable bonds is 10. The maximum atomic E-state index is 12.5. The first-order valence-electron chi connectivity index (χ1n) is 9.67. The first-order valence-corrected chi connectivity index (χ1v) is 12.6. The lowest BCUT2D eigenvalue weighted by Gasteiger charge is -2.47. The molecule has 0 aromatic heterocycles. The number of hydrogen-bond acceptors (Lipinski definition) is 16. The minimum atomic E-state index is -4.95. The van der Waals surface area contributed by atoms with Crippen LogP contribution in [0.15, 0.2) is 0 Å². The van der Waals surface area contributed by atoms with Crippen LogP contribution in [0.1, 0.15) is 27.2 Å². The van der Waals surface area contributed by atoms with Crippen LogP contribution < -0.4 is 0 Å². The number of aliphatic hydroxyl groups is 1. The molecule has 33 heavy (non-hydrogen) atoms. The third kappa shape index (κ3) is 5.81. The van der Waals surface area contributed by atoms with Crippen LogP contribution in [0.4, 0.5) is 0 Å². The van der Waals surface area contributed by atoms with Crippen molar-refractivity contribution < 1.29 is 75.3 Å². The van der Waals surface area contributed by atoms with Gasteiger partial charge in [-0.05, 0) is 20.3 Å². The average molecular weight is 529 g/mol. The highest BCUT2D eigenvalue weighted by atomic mass is 32.2. The molecule has 0 radical (unpaired) electrons. The molecule has 10 atom stereocenters. The van der Waals surface area contributed by atoms with E-state index in [1.807, 2.05) is 0 Å². The molecule has 0 aromatic carbocycles. The molecule has 16 nitrogen and oxygen atoms in total. The van der Waals surface area contributed by atoms with Crippen LogP contribution in [0, 0.1) is 5.92 Å². The maximum absolute atomic E-state index is 12.5. The summed E-state index contributed by atoms with van der Waals surface area (Å²) in [4.78, 5) is 4.71. The normalized spacial score (nSPS) is 40.6. The summed E-state index contributed by atoms with van der Waals surface area (Å²) in [5, 5.41) is 36.9. The molecule has 0 spiro atoms. The van der Waals surface area contributed by atoms with Gasteiger partial charge in [-0.1, -0.05) is 12.0 Å². The second kappa shape index (κ2) is 11.4. The summed E-state index contributed by atoms with van der Waals surface area (Å²) in [7, 11) is -8.79. The predicted octanol–water partition coefficient (Wildman–Crippen LogP) is -0.939. The Hall–Kier alpha value is -0.580. The molecule has 0 saturated carbocycles. The van der Waals surface area contributed by atoms with E-state index in [0.717, 1.165) is 7.11 Å². The van der Waals surface area contributed by atoms with E-state index < -0.39 is 79.8 Å². The Morgan fingerprint density at radius 2 is 1.36 bits per heavy atom. The van der Waals surface area contributed by atoms with Crippen molar-refractivity contribution in [2.24, 2.45) is 5.92 Å². The Morgan fingerprint density at radius 3 is 1.82 bits per heavy atom. The van der Waals surface area contributed by atoms with Gasteiger partial charge in [-0.2, -0.15) is 16.8 Å². The standard InChI is InChI=1S/C15H28O16S2/c1-5-8-6(2)25-15(12(10(8)28-29-17)32(20,21)30-18)27-11-9(16)7(3)26-14(24-4)13(11)33(22,23)31-19/h6-19H,5H2,1-4H3/t6?,7?,8-,9+,10+,11+,12?,13?,14+,15+/m1/s1. The van der Waals surface area contributed by atoms with Gasteiger partial charge in [0.1, 0.15) is 18.3 Å². The largest absolute Gasteiger partial charge is 0.388 e. The lowest BCUT2D eigenvalue weighted by molar-refractivity contribution is -0.517. The van der Waals surface area contributed by atoms with E-state index in [1.54, 1.807) is 6.92 Å². The second-order valence-electron chi connectivity index (χ2n) is 7.52. The van der Waals surface area contributed by atoms with Crippen LogP contribution in [0.25, 0.3) is 0 Å². The minimum Gasteiger partial charge on any atom is -0.388 e. The fourth-order valence-electron chi connectivity index (χ4n) is 4.09. The smallest absolute Gasteiger partial charge is 0.304 e. The Morgan fingerprint density at radius 1 is 0.848 bits per heavy atom. The van der Waals surface area contributed by atoms with E-state index in [1.165, 1.54) is 13.8 Å². The molecule has 0 amide bonds. The Labute approximate surface area is 189 Å².